The Balaban J connectivity index is 1.57. The van der Waals surface area contributed by atoms with Gasteiger partial charge in [0.15, 0.2) is 0 Å². The van der Waals surface area contributed by atoms with Crippen molar-refractivity contribution in [1.29, 1.82) is 0 Å². The van der Waals surface area contributed by atoms with E-state index in [-0.39, 0.29) is 23.3 Å². The van der Waals surface area contributed by atoms with E-state index in [1.165, 1.54) is 6.92 Å². The van der Waals surface area contributed by atoms with E-state index in [1.54, 1.807) is 18.1 Å². The minimum absolute atomic E-state index is 0.0685. The number of likely N-dealkylation sites (N-methyl/N-ethyl adjacent to an activating group) is 1. The standard InChI is InChI=1S/C26H32N4O3/c1-18-9-10-24-28-21(16-30(24)15-18)25(33)29(3)22-11-13-26(14-12-23(22)32,17-27-19(2)31)20-7-5-4-6-8-20/h4-10,15-16,22-23,32H,11-14,17H2,1-3H3,(H,27,31)/t22-,23-,26-/m1/s1. The summed E-state index contributed by atoms with van der Waals surface area (Å²) in [7, 11) is 1.74. The molecule has 7 nitrogen and oxygen atoms in total. The van der Waals surface area contributed by atoms with Crippen LogP contribution in [0.25, 0.3) is 5.65 Å². The summed E-state index contributed by atoms with van der Waals surface area (Å²) in [5, 5.41) is 14.0. The van der Waals surface area contributed by atoms with Gasteiger partial charge in [0.1, 0.15) is 11.3 Å². The Morgan fingerprint density at radius 2 is 1.88 bits per heavy atom. The molecule has 2 amide bonds. The van der Waals surface area contributed by atoms with E-state index in [1.807, 2.05) is 47.9 Å². The highest BCUT2D eigenvalue weighted by Gasteiger charge is 2.40. The van der Waals surface area contributed by atoms with Crippen molar-refractivity contribution in [3.63, 3.8) is 0 Å². The van der Waals surface area contributed by atoms with Gasteiger partial charge in [-0.1, -0.05) is 36.4 Å². The van der Waals surface area contributed by atoms with Gasteiger partial charge in [0.05, 0.1) is 12.1 Å². The summed E-state index contributed by atoms with van der Waals surface area (Å²) in [6.07, 6.45) is 5.68. The Labute approximate surface area is 194 Å². The number of pyridine rings is 1. The molecule has 1 aromatic carbocycles. The number of aliphatic hydroxyl groups excluding tert-OH is 1. The first-order valence-electron chi connectivity index (χ1n) is 11.5. The molecule has 7 heteroatoms. The fourth-order valence-corrected chi connectivity index (χ4v) is 5.00. The topological polar surface area (TPSA) is 86.9 Å². The molecule has 1 fully saturated rings. The molecule has 2 N–H and O–H groups in total. The molecule has 2 aromatic heterocycles. The number of rotatable bonds is 5. The van der Waals surface area contributed by atoms with Crippen molar-refractivity contribution in [2.24, 2.45) is 0 Å². The summed E-state index contributed by atoms with van der Waals surface area (Å²) in [4.78, 5) is 31.1. The van der Waals surface area contributed by atoms with Crippen LogP contribution in [0, 0.1) is 6.92 Å². The number of nitrogens with zero attached hydrogens (tertiary/aromatic N) is 3. The van der Waals surface area contributed by atoms with Crippen LogP contribution in [-0.2, 0) is 10.2 Å². The molecule has 174 valence electrons. The van der Waals surface area contributed by atoms with Crippen LogP contribution in [0.15, 0.2) is 54.9 Å². The van der Waals surface area contributed by atoms with Gasteiger partial charge in [-0.2, -0.15) is 0 Å². The largest absolute Gasteiger partial charge is 0.391 e. The number of benzene rings is 1. The third-order valence-electron chi connectivity index (χ3n) is 6.98. The molecule has 0 unspecified atom stereocenters. The van der Waals surface area contributed by atoms with Crippen molar-refractivity contribution < 1.29 is 14.7 Å². The second-order valence-corrected chi connectivity index (χ2v) is 9.28. The molecular weight excluding hydrogens is 416 g/mol. The molecular formula is C26H32N4O3. The molecule has 0 bridgehead atoms. The fourth-order valence-electron chi connectivity index (χ4n) is 5.00. The van der Waals surface area contributed by atoms with E-state index in [2.05, 4.69) is 22.4 Å². The van der Waals surface area contributed by atoms with Crippen molar-refractivity contribution in [3.05, 3.63) is 71.7 Å². The van der Waals surface area contributed by atoms with Crippen LogP contribution >= 0.6 is 0 Å². The smallest absolute Gasteiger partial charge is 0.274 e. The van der Waals surface area contributed by atoms with Gasteiger partial charge in [0.25, 0.3) is 5.91 Å². The van der Waals surface area contributed by atoms with Crippen LogP contribution in [0.1, 0.15) is 54.2 Å². The summed E-state index contributed by atoms with van der Waals surface area (Å²) in [6, 6.07) is 13.7. The maximum absolute atomic E-state index is 13.3. The monoisotopic (exact) mass is 448 g/mol. The SMILES string of the molecule is CC(=O)NC[C@]1(c2ccccc2)CC[C@@H](O)[C@H](N(C)C(=O)c2cn3cc(C)ccc3n2)CC1. The number of fused-ring (bicyclic) bond motifs is 1. The zero-order valence-electron chi connectivity index (χ0n) is 19.5. The molecule has 0 radical (unpaired) electrons. The maximum Gasteiger partial charge on any atom is 0.274 e. The van der Waals surface area contributed by atoms with E-state index < -0.39 is 6.10 Å². The molecule has 33 heavy (non-hydrogen) atoms. The molecule has 0 saturated heterocycles. The first-order chi connectivity index (χ1) is 15.8. The number of aryl methyl sites for hydroxylation is 1. The second-order valence-electron chi connectivity index (χ2n) is 9.28. The Bertz CT molecular complexity index is 1140. The van der Waals surface area contributed by atoms with Gasteiger partial charge >= 0.3 is 0 Å². The highest BCUT2D eigenvalue weighted by atomic mass is 16.3. The summed E-state index contributed by atoms with van der Waals surface area (Å²) >= 11 is 0. The van der Waals surface area contributed by atoms with E-state index >= 15 is 0 Å². The zero-order chi connectivity index (χ0) is 23.6. The third kappa shape index (κ3) is 4.78. The summed E-state index contributed by atoms with van der Waals surface area (Å²) in [5.74, 6) is -0.268. The average molecular weight is 449 g/mol. The van der Waals surface area contributed by atoms with Crippen LogP contribution in [0.5, 0.6) is 0 Å². The number of carbonyl (C=O) groups excluding carboxylic acids is 2. The van der Waals surface area contributed by atoms with E-state index in [9.17, 15) is 14.7 Å². The summed E-state index contributed by atoms with van der Waals surface area (Å²) < 4.78 is 1.85. The molecule has 4 rings (SSSR count). The van der Waals surface area contributed by atoms with Crippen LogP contribution < -0.4 is 5.32 Å². The quantitative estimate of drug-likeness (QED) is 0.587. The van der Waals surface area contributed by atoms with E-state index in [4.69, 9.17) is 0 Å². The van der Waals surface area contributed by atoms with Crippen LogP contribution in [0.3, 0.4) is 0 Å². The second kappa shape index (κ2) is 9.35. The Morgan fingerprint density at radius 3 is 2.61 bits per heavy atom. The van der Waals surface area contributed by atoms with Crippen LogP contribution in [0.4, 0.5) is 0 Å². The van der Waals surface area contributed by atoms with Crippen molar-refractivity contribution in [1.82, 2.24) is 19.6 Å². The lowest BCUT2D eigenvalue weighted by Crippen LogP contribution is -2.44. The third-order valence-corrected chi connectivity index (χ3v) is 6.98. The minimum Gasteiger partial charge on any atom is -0.391 e. The molecule has 0 spiro atoms. The highest BCUT2D eigenvalue weighted by Crippen LogP contribution is 2.39. The molecule has 2 heterocycles. The van der Waals surface area contributed by atoms with Crippen molar-refractivity contribution >= 4 is 17.5 Å². The fraction of sp³-hybridized carbons (Fsp3) is 0.423. The highest BCUT2D eigenvalue weighted by molar-refractivity contribution is 5.93. The summed E-state index contributed by atoms with van der Waals surface area (Å²) in [5.41, 5.74) is 3.04. The first-order valence-corrected chi connectivity index (χ1v) is 11.5. The van der Waals surface area contributed by atoms with E-state index in [0.717, 1.165) is 29.6 Å². The van der Waals surface area contributed by atoms with Gasteiger partial charge in [-0.15, -0.1) is 0 Å². The van der Waals surface area contributed by atoms with Gasteiger partial charge in [-0.05, 0) is 49.8 Å². The predicted molar refractivity (Wildman–Crippen MR) is 127 cm³/mol. The van der Waals surface area contributed by atoms with Crippen molar-refractivity contribution in [2.75, 3.05) is 13.6 Å². The average Bonchev–Trinajstić information content (AvgIpc) is 3.15. The zero-order valence-corrected chi connectivity index (χ0v) is 19.5. The number of hydrogen-bond donors (Lipinski definition) is 2. The van der Waals surface area contributed by atoms with Crippen molar-refractivity contribution in [2.45, 2.75) is 57.1 Å². The first kappa shape index (κ1) is 23.0. The number of hydrogen-bond acceptors (Lipinski definition) is 4. The number of imidazole rings is 1. The summed E-state index contributed by atoms with van der Waals surface area (Å²) in [6.45, 7) is 4.03. The number of nitrogens with one attached hydrogen (secondary N) is 1. The number of carbonyl (C=O) groups is 2. The van der Waals surface area contributed by atoms with Gasteiger partial charge in [0.2, 0.25) is 5.91 Å². The Kier molecular flexibility index (Phi) is 6.51. The molecule has 1 saturated carbocycles. The predicted octanol–water partition coefficient (Wildman–Crippen LogP) is 3.09. The number of amides is 2. The Hall–Kier alpha value is -3.19. The van der Waals surface area contributed by atoms with Crippen molar-refractivity contribution in [3.8, 4) is 0 Å². The lowest BCUT2D eigenvalue weighted by molar-refractivity contribution is -0.119. The van der Waals surface area contributed by atoms with Gasteiger partial charge in [-0.25, -0.2) is 4.98 Å². The molecule has 1 aliphatic rings. The lowest BCUT2D eigenvalue weighted by atomic mass is 9.74. The van der Waals surface area contributed by atoms with Crippen LogP contribution in [-0.4, -0.2) is 56.9 Å². The minimum atomic E-state index is -0.652. The lowest BCUT2D eigenvalue weighted by Gasteiger charge is -2.34. The molecule has 0 aliphatic heterocycles. The molecule has 1 aliphatic carbocycles. The molecule has 3 aromatic rings. The van der Waals surface area contributed by atoms with Gasteiger partial charge in [0, 0.05) is 38.3 Å². The van der Waals surface area contributed by atoms with Gasteiger partial charge in [-0.3, -0.25) is 9.59 Å². The van der Waals surface area contributed by atoms with E-state index in [0.29, 0.717) is 25.1 Å². The normalized spacial score (nSPS) is 23.2. The number of aromatic nitrogens is 2. The Morgan fingerprint density at radius 1 is 1.15 bits per heavy atom. The number of aliphatic hydroxyl groups is 1. The van der Waals surface area contributed by atoms with Crippen LogP contribution in [0.2, 0.25) is 0 Å². The maximum atomic E-state index is 13.3. The molecule has 3 atom stereocenters. The van der Waals surface area contributed by atoms with Gasteiger partial charge < -0.3 is 19.7 Å².